The molecule has 3 atom stereocenters. The van der Waals surface area contributed by atoms with Crippen molar-refractivity contribution in [1.82, 2.24) is 0 Å². The summed E-state index contributed by atoms with van der Waals surface area (Å²) >= 11 is 0. The summed E-state index contributed by atoms with van der Waals surface area (Å²) in [5, 5.41) is 34.1. The molecule has 0 unspecified atom stereocenters. The Hall–Kier alpha value is -4.95. The third kappa shape index (κ3) is 24.3. The van der Waals surface area contributed by atoms with Crippen LogP contribution in [0.25, 0.3) is 0 Å². The third-order valence-electron chi connectivity index (χ3n) is 7.10. The van der Waals surface area contributed by atoms with Crippen LogP contribution in [0, 0.1) is 0 Å². The van der Waals surface area contributed by atoms with E-state index in [1.807, 2.05) is 126 Å². The molecule has 3 aromatic carbocycles. The first-order valence-electron chi connectivity index (χ1n) is 17.2. The fourth-order valence-electron chi connectivity index (χ4n) is 4.29. The van der Waals surface area contributed by atoms with Crippen molar-refractivity contribution < 1.29 is 69.7 Å². The number of rotatable bonds is 21. The largest absolute Gasteiger partial charge is 0.481 e. The van der Waals surface area contributed by atoms with Gasteiger partial charge in [-0.2, -0.15) is 9.78 Å². The molecule has 3 rings (SSSR count). The van der Waals surface area contributed by atoms with Gasteiger partial charge in [0.15, 0.2) is 24.7 Å². The van der Waals surface area contributed by atoms with E-state index in [4.69, 9.17) is 50.2 Å². The predicted molar refractivity (Wildman–Crippen MR) is 217 cm³/mol. The van der Waals surface area contributed by atoms with Gasteiger partial charge in [0, 0.05) is 0 Å². The number of carboxylic acids is 1. The molecule has 4 N–H and O–H groups in total. The Morgan fingerprint density at radius 1 is 0.561 bits per heavy atom. The zero-order chi connectivity index (χ0) is 40.0. The molecule has 3 aromatic rings. The van der Waals surface area contributed by atoms with Crippen LogP contribution >= 0.6 is 0 Å². The van der Waals surface area contributed by atoms with Crippen LogP contribution in [0.1, 0.15) is 105 Å². The second kappa shape index (κ2) is 35.5. The van der Waals surface area contributed by atoms with E-state index in [-0.39, 0.29) is 64.6 Å². The average Bonchev–Trinajstić information content (AvgIpc) is 3.20. The molecule has 0 aliphatic heterocycles. The SMILES string of the molecule is C.C.C.CCOOCC(=C=C(OOCC)[C@H](C)c1ccccc1)OOCC.C[C@@H](C(=C=C(COO)OO)OO)c1ccccc1.C[C@@H](CC(=O)O)c1ccccc1. The molecule has 0 fully saturated rings. The van der Waals surface area contributed by atoms with Gasteiger partial charge < -0.3 is 24.7 Å². The van der Waals surface area contributed by atoms with Crippen molar-refractivity contribution in [3.8, 4) is 0 Å². The maximum atomic E-state index is 10.4. The fourth-order valence-corrected chi connectivity index (χ4v) is 4.29. The highest BCUT2D eigenvalue weighted by Gasteiger charge is 2.16. The molecular formula is C43H64O14. The molecule has 0 amide bonds. The standard InChI is InChI=1S/C18H26O6.C12H14O6.C10H12O2.3CH4/c1-5-19-22-14-17(23-20-6-2)13-18(24-21-7-3)15(4)16-11-9-8-10-12-16;1-9(10-5-3-2-4-6-10)12(18-15)7-11(17-14)8-16-13;1-8(7-10(11)12)9-5-3-2-4-6-9;;;/h8-12,15H,5-7,14H2,1-4H3;2-6,9,13-15H,8H2,1H3;2-6,8H,7H2,1H3,(H,11,12);3*1H4/t13?,15-;7?,9-;8-;;;/m110.../s1. The van der Waals surface area contributed by atoms with Gasteiger partial charge in [0.05, 0.1) is 38.1 Å². The third-order valence-corrected chi connectivity index (χ3v) is 7.10. The maximum Gasteiger partial charge on any atom is 0.303 e. The predicted octanol–water partition coefficient (Wildman–Crippen LogP) is 10.9. The highest BCUT2D eigenvalue weighted by molar-refractivity contribution is 5.67. The normalized spacial score (nSPS) is 11.0. The van der Waals surface area contributed by atoms with Gasteiger partial charge in [-0.05, 0) is 54.8 Å². The second-order valence-corrected chi connectivity index (χ2v) is 11.1. The lowest BCUT2D eigenvalue weighted by atomic mass is 9.98. The van der Waals surface area contributed by atoms with Gasteiger partial charge in [0.1, 0.15) is 0 Å². The minimum absolute atomic E-state index is 0. The van der Waals surface area contributed by atoms with Crippen LogP contribution in [0.4, 0.5) is 0 Å². The molecule has 0 aliphatic rings. The summed E-state index contributed by atoms with van der Waals surface area (Å²) in [7, 11) is 0. The van der Waals surface area contributed by atoms with Crippen molar-refractivity contribution >= 4 is 5.97 Å². The Kier molecular flexibility index (Phi) is 35.1. The lowest BCUT2D eigenvalue weighted by Gasteiger charge is -2.14. The van der Waals surface area contributed by atoms with Gasteiger partial charge in [-0.1, -0.05) is 134 Å². The van der Waals surface area contributed by atoms with Gasteiger partial charge in [0.25, 0.3) is 0 Å². The van der Waals surface area contributed by atoms with Crippen LogP contribution in [-0.2, 0) is 48.8 Å². The Morgan fingerprint density at radius 3 is 1.42 bits per heavy atom. The Morgan fingerprint density at radius 2 is 1.00 bits per heavy atom. The highest BCUT2D eigenvalue weighted by Crippen LogP contribution is 2.25. The molecule has 57 heavy (non-hydrogen) atoms. The fraction of sp³-hybridized carbons (Fsp3) is 0.419. The van der Waals surface area contributed by atoms with Crippen LogP contribution in [-0.4, -0.2) is 59.9 Å². The smallest absolute Gasteiger partial charge is 0.303 e. The van der Waals surface area contributed by atoms with Crippen molar-refractivity contribution in [3.63, 3.8) is 0 Å². The van der Waals surface area contributed by atoms with Crippen LogP contribution in [0.15, 0.2) is 125 Å². The summed E-state index contributed by atoms with van der Waals surface area (Å²) in [5.74, 6) is -0.521. The molecule has 14 heteroatoms. The molecule has 0 aromatic heterocycles. The molecule has 0 radical (unpaired) electrons. The lowest BCUT2D eigenvalue weighted by molar-refractivity contribution is -0.314. The molecule has 0 heterocycles. The van der Waals surface area contributed by atoms with Crippen LogP contribution in [0.3, 0.4) is 0 Å². The van der Waals surface area contributed by atoms with Crippen LogP contribution in [0.2, 0.25) is 0 Å². The number of hydrogen-bond acceptors (Lipinski definition) is 13. The monoisotopic (exact) mass is 804 g/mol. The topological polar surface area (TPSA) is 181 Å². The Balaban J connectivity index is -0.000000786. The van der Waals surface area contributed by atoms with E-state index in [9.17, 15) is 4.79 Å². The zero-order valence-corrected chi connectivity index (χ0v) is 31.5. The molecular weight excluding hydrogens is 740 g/mol. The van der Waals surface area contributed by atoms with Gasteiger partial charge >= 0.3 is 5.97 Å². The van der Waals surface area contributed by atoms with Crippen molar-refractivity contribution in [2.75, 3.05) is 33.0 Å². The molecule has 14 nitrogen and oxygen atoms in total. The second-order valence-electron chi connectivity index (χ2n) is 11.1. The summed E-state index contributed by atoms with van der Waals surface area (Å²) < 4.78 is 0. The zero-order valence-electron chi connectivity index (χ0n) is 31.5. The number of hydrogen-bond donors (Lipinski definition) is 4. The van der Waals surface area contributed by atoms with E-state index in [1.54, 1.807) is 6.92 Å². The quantitative estimate of drug-likeness (QED) is 0.0262. The maximum absolute atomic E-state index is 10.4. The Labute approximate surface area is 338 Å². The van der Waals surface area contributed by atoms with E-state index in [0.29, 0.717) is 31.3 Å². The van der Waals surface area contributed by atoms with Gasteiger partial charge in [-0.15, -0.1) is 0 Å². The number of benzene rings is 3. The molecule has 0 bridgehead atoms. The van der Waals surface area contributed by atoms with Crippen molar-refractivity contribution in [3.05, 3.63) is 142 Å². The van der Waals surface area contributed by atoms with Gasteiger partial charge in [0.2, 0.25) is 11.5 Å². The first-order chi connectivity index (χ1) is 26.1. The van der Waals surface area contributed by atoms with E-state index < -0.39 is 12.6 Å². The molecule has 0 saturated carbocycles. The van der Waals surface area contributed by atoms with Crippen LogP contribution in [0.5, 0.6) is 0 Å². The van der Waals surface area contributed by atoms with E-state index in [2.05, 4.69) is 26.1 Å². The van der Waals surface area contributed by atoms with E-state index >= 15 is 0 Å². The van der Waals surface area contributed by atoms with Crippen molar-refractivity contribution in [2.45, 2.75) is 88.0 Å². The summed E-state index contributed by atoms with van der Waals surface area (Å²) in [6.07, 6.45) is 0.198. The highest BCUT2D eigenvalue weighted by atomic mass is 17.2. The van der Waals surface area contributed by atoms with Gasteiger partial charge in [-0.25, -0.2) is 25.2 Å². The summed E-state index contributed by atoms with van der Waals surface area (Å²) in [6.45, 7) is 12.0. The number of carbonyl (C=O) groups is 1. The first-order valence-corrected chi connectivity index (χ1v) is 17.2. The lowest BCUT2D eigenvalue weighted by Crippen LogP contribution is -2.07. The number of aliphatic carboxylic acids is 1. The minimum atomic E-state index is -0.744. The minimum Gasteiger partial charge on any atom is -0.481 e. The van der Waals surface area contributed by atoms with Crippen molar-refractivity contribution in [2.24, 2.45) is 0 Å². The summed E-state index contributed by atoms with van der Waals surface area (Å²) in [4.78, 5) is 52.8. The molecule has 0 aliphatic carbocycles. The van der Waals surface area contributed by atoms with E-state index in [0.717, 1.165) is 16.7 Å². The van der Waals surface area contributed by atoms with Gasteiger partial charge in [-0.3, -0.25) is 10.1 Å². The van der Waals surface area contributed by atoms with Crippen molar-refractivity contribution in [1.29, 1.82) is 0 Å². The van der Waals surface area contributed by atoms with E-state index in [1.165, 1.54) is 0 Å². The Bertz CT molecular complexity index is 1550. The average molecular weight is 805 g/mol. The van der Waals surface area contributed by atoms with Crippen LogP contribution < -0.4 is 0 Å². The first kappa shape index (κ1) is 56.4. The summed E-state index contributed by atoms with van der Waals surface area (Å²) in [6, 6.07) is 28.8. The molecule has 320 valence electrons. The summed E-state index contributed by atoms with van der Waals surface area (Å²) in [5.41, 5.74) is 8.48. The molecule has 0 spiro atoms. The molecule has 0 saturated heterocycles. The number of carboxylic acid groups (broad SMARTS) is 1.